The summed E-state index contributed by atoms with van der Waals surface area (Å²) < 4.78 is 29.2. The Labute approximate surface area is 238 Å². The second-order valence-electron chi connectivity index (χ2n) is 10.1. The Morgan fingerprint density at radius 1 is 1.05 bits per heavy atom. The lowest BCUT2D eigenvalue weighted by atomic mass is 10.0. The number of anilines is 1. The summed E-state index contributed by atoms with van der Waals surface area (Å²) in [5.41, 5.74) is 4.41. The zero-order valence-corrected chi connectivity index (χ0v) is 24.6. The molecule has 0 bridgehead atoms. The van der Waals surface area contributed by atoms with Crippen molar-refractivity contribution in [1.29, 1.82) is 0 Å². The van der Waals surface area contributed by atoms with Crippen molar-refractivity contribution in [2.45, 2.75) is 31.2 Å². The van der Waals surface area contributed by atoms with E-state index in [1.807, 2.05) is 57.4 Å². The standard InChI is InChI=1S/C29H31ClN4O3S2/c1-20-17-24(30)18-26-27(20)31-29(38-26)34(15-6-14-32(2)3)28(35)22-9-11-25(12-10-22)39(36,37)33-16-13-21-7-4-5-8-23(21)19-33/h4-5,7-12,17-18H,6,13-16,19H2,1-3H3. The fraction of sp³-hybridized carbons (Fsp3) is 0.310. The smallest absolute Gasteiger partial charge is 0.260 e. The van der Waals surface area contributed by atoms with Crippen LogP contribution in [0.15, 0.2) is 65.6 Å². The third kappa shape index (κ3) is 5.88. The molecule has 1 aromatic heterocycles. The number of rotatable bonds is 8. The van der Waals surface area contributed by atoms with Crippen molar-refractivity contribution in [3.8, 4) is 0 Å². The Kier molecular flexibility index (Phi) is 8.07. The summed E-state index contributed by atoms with van der Waals surface area (Å²) >= 11 is 7.69. The molecule has 5 rings (SSSR count). The van der Waals surface area contributed by atoms with Crippen LogP contribution in [-0.4, -0.2) is 62.2 Å². The minimum Gasteiger partial charge on any atom is -0.309 e. The van der Waals surface area contributed by atoms with E-state index in [-0.39, 0.29) is 10.8 Å². The minimum atomic E-state index is -3.69. The molecule has 0 spiro atoms. The number of sulfonamides is 1. The third-order valence-electron chi connectivity index (χ3n) is 6.94. The summed E-state index contributed by atoms with van der Waals surface area (Å²) in [6.07, 6.45) is 1.44. The molecule has 10 heteroatoms. The van der Waals surface area contributed by atoms with E-state index < -0.39 is 10.0 Å². The minimum absolute atomic E-state index is 0.183. The summed E-state index contributed by atoms with van der Waals surface area (Å²) in [5.74, 6) is -0.215. The molecule has 0 N–H and O–H groups in total. The number of aromatic nitrogens is 1. The van der Waals surface area contributed by atoms with Crippen molar-refractivity contribution in [3.05, 3.63) is 87.9 Å². The summed E-state index contributed by atoms with van der Waals surface area (Å²) in [6, 6.07) is 17.9. The van der Waals surface area contributed by atoms with Crippen molar-refractivity contribution in [3.63, 3.8) is 0 Å². The highest BCUT2D eigenvalue weighted by molar-refractivity contribution is 7.89. The summed E-state index contributed by atoms with van der Waals surface area (Å²) in [5, 5.41) is 1.23. The van der Waals surface area contributed by atoms with E-state index in [4.69, 9.17) is 16.6 Å². The maximum Gasteiger partial charge on any atom is 0.260 e. The molecule has 3 aromatic carbocycles. The molecule has 0 atom stereocenters. The van der Waals surface area contributed by atoms with Gasteiger partial charge in [-0.15, -0.1) is 0 Å². The highest BCUT2D eigenvalue weighted by Gasteiger charge is 2.29. The monoisotopic (exact) mass is 582 g/mol. The zero-order valence-electron chi connectivity index (χ0n) is 22.2. The van der Waals surface area contributed by atoms with Gasteiger partial charge in [-0.05, 0) is 93.5 Å². The molecular formula is C29H31ClN4O3S2. The van der Waals surface area contributed by atoms with Gasteiger partial charge in [0, 0.05) is 30.2 Å². The molecule has 0 saturated carbocycles. The topological polar surface area (TPSA) is 73.8 Å². The quantitative estimate of drug-likeness (QED) is 0.270. The van der Waals surface area contributed by atoms with Gasteiger partial charge in [-0.25, -0.2) is 13.4 Å². The Hall–Kier alpha value is -2.82. The van der Waals surface area contributed by atoms with Crippen LogP contribution in [0.1, 0.15) is 33.5 Å². The van der Waals surface area contributed by atoms with Gasteiger partial charge in [-0.2, -0.15) is 4.31 Å². The van der Waals surface area contributed by atoms with Crippen molar-refractivity contribution in [2.24, 2.45) is 0 Å². The molecule has 0 fully saturated rings. The number of carbonyl (C=O) groups excluding carboxylic acids is 1. The van der Waals surface area contributed by atoms with Gasteiger partial charge in [0.05, 0.1) is 15.1 Å². The van der Waals surface area contributed by atoms with E-state index in [1.165, 1.54) is 33.3 Å². The Balaban J connectivity index is 1.40. The summed E-state index contributed by atoms with van der Waals surface area (Å²) in [4.78, 5) is 22.5. The van der Waals surface area contributed by atoms with Crippen LogP contribution in [0.5, 0.6) is 0 Å². The van der Waals surface area contributed by atoms with Crippen LogP contribution in [-0.2, 0) is 23.0 Å². The van der Waals surface area contributed by atoms with E-state index in [0.717, 1.165) is 34.3 Å². The predicted octanol–water partition coefficient (Wildman–Crippen LogP) is 5.60. The number of nitrogens with zero attached hydrogens (tertiary/aromatic N) is 4. The van der Waals surface area contributed by atoms with Gasteiger partial charge >= 0.3 is 0 Å². The predicted molar refractivity (Wildman–Crippen MR) is 158 cm³/mol. The van der Waals surface area contributed by atoms with Crippen LogP contribution < -0.4 is 4.90 Å². The van der Waals surface area contributed by atoms with Gasteiger partial charge in [0.15, 0.2) is 5.13 Å². The molecule has 1 amide bonds. The first-order valence-corrected chi connectivity index (χ1v) is 15.5. The van der Waals surface area contributed by atoms with E-state index in [0.29, 0.717) is 41.8 Å². The Morgan fingerprint density at radius 2 is 1.77 bits per heavy atom. The number of benzene rings is 3. The largest absolute Gasteiger partial charge is 0.309 e. The fourth-order valence-corrected chi connectivity index (χ4v) is 7.70. The molecule has 0 aliphatic carbocycles. The molecule has 4 aromatic rings. The van der Waals surface area contributed by atoms with Gasteiger partial charge in [0.1, 0.15) is 0 Å². The first kappa shape index (κ1) is 27.7. The van der Waals surface area contributed by atoms with Gasteiger partial charge in [0.2, 0.25) is 10.0 Å². The third-order valence-corrected chi connectivity index (χ3v) is 10.0. The number of fused-ring (bicyclic) bond motifs is 2. The number of carbonyl (C=O) groups is 1. The first-order valence-electron chi connectivity index (χ1n) is 12.8. The second-order valence-corrected chi connectivity index (χ2v) is 13.4. The SMILES string of the molecule is Cc1cc(Cl)cc2sc(N(CCCN(C)C)C(=O)c3ccc(S(=O)(=O)N4CCc5ccccc5C4)cc3)nc12. The van der Waals surface area contributed by atoms with Gasteiger partial charge in [-0.1, -0.05) is 47.2 Å². The fourth-order valence-electron chi connectivity index (χ4n) is 4.84. The molecule has 0 saturated heterocycles. The van der Waals surface area contributed by atoms with Crippen LogP contribution in [0.4, 0.5) is 5.13 Å². The van der Waals surface area contributed by atoms with E-state index in [2.05, 4.69) is 4.90 Å². The van der Waals surface area contributed by atoms with Gasteiger partial charge < -0.3 is 4.90 Å². The van der Waals surface area contributed by atoms with Gasteiger partial charge in [-0.3, -0.25) is 9.69 Å². The average Bonchev–Trinajstić information content (AvgIpc) is 3.34. The van der Waals surface area contributed by atoms with Crippen molar-refractivity contribution in [1.82, 2.24) is 14.2 Å². The molecule has 2 heterocycles. The number of thiazole rings is 1. The van der Waals surface area contributed by atoms with Crippen molar-refractivity contribution in [2.75, 3.05) is 38.6 Å². The van der Waals surface area contributed by atoms with Crippen LogP contribution in [0, 0.1) is 6.92 Å². The molecule has 1 aliphatic rings. The molecule has 204 valence electrons. The summed E-state index contributed by atoms with van der Waals surface area (Å²) in [6.45, 7) is 4.03. The number of hydrogen-bond acceptors (Lipinski definition) is 6. The molecular weight excluding hydrogens is 552 g/mol. The number of halogens is 1. The Bertz CT molecular complexity index is 1620. The van der Waals surface area contributed by atoms with E-state index in [1.54, 1.807) is 17.0 Å². The molecule has 1 aliphatic heterocycles. The molecule has 39 heavy (non-hydrogen) atoms. The number of amides is 1. The van der Waals surface area contributed by atoms with Gasteiger partial charge in [0.25, 0.3) is 5.91 Å². The molecule has 0 radical (unpaired) electrons. The number of aryl methyl sites for hydroxylation is 1. The van der Waals surface area contributed by atoms with Crippen LogP contribution in [0.25, 0.3) is 10.2 Å². The van der Waals surface area contributed by atoms with Crippen molar-refractivity contribution >= 4 is 54.2 Å². The zero-order chi connectivity index (χ0) is 27.7. The lowest BCUT2D eigenvalue weighted by Gasteiger charge is -2.28. The maximum atomic E-state index is 13.7. The number of hydrogen-bond donors (Lipinski definition) is 0. The second kappa shape index (κ2) is 11.3. The lowest BCUT2D eigenvalue weighted by Crippen LogP contribution is -2.36. The average molecular weight is 583 g/mol. The van der Waals surface area contributed by atoms with Crippen LogP contribution in [0.3, 0.4) is 0 Å². The van der Waals surface area contributed by atoms with E-state index in [9.17, 15) is 13.2 Å². The highest BCUT2D eigenvalue weighted by Crippen LogP contribution is 2.34. The van der Waals surface area contributed by atoms with Crippen molar-refractivity contribution < 1.29 is 13.2 Å². The lowest BCUT2D eigenvalue weighted by molar-refractivity contribution is 0.0986. The van der Waals surface area contributed by atoms with Crippen LogP contribution in [0.2, 0.25) is 5.02 Å². The Morgan fingerprint density at radius 3 is 2.49 bits per heavy atom. The first-order chi connectivity index (χ1) is 18.6. The normalized spacial score (nSPS) is 14.1. The molecule has 0 unspecified atom stereocenters. The van der Waals surface area contributed by atoms with E-state index >= 15 is 0 Å². The van der Waals surface area contributed by atoms with Crippen LogP contribution >= 0.6 is 22.9 Å². The maximum absolute atomic E-state index is 13.7. The molecule has 7 nitrogen and oxygen atoms in total. The highest BCUT2D eigenvalue weighted by atomic mass is 35.5. The summed E-state index contributed by atoms with van der Waals surface area (Å²) in [7, 11) is 0.301.